The second kappa shape index (κ2) is 10.2. The molecule has 0 bridgehead atoms. The molecule has 0 N–H and O–H groups in total. The Morgan fingerprint density at radius 1 is 0.452 bits per heavy atom. The van der Waals surface area contributed by atoms with E-state index in [9.17, 15) is 0 Å². The molecule has 1 nitrogen and oxygen atoms in total. The normalized spacial score (nSPS) is 11.0. The van der Waals surface area contributed by atoms with Gasteiger partial charge in [0.1, 0.15) is 0 Å². The summed E-state index contributed by atoms with van der Waals surface area (Å²) < 4.78 is 0. The summed E-state index contributed by atoms with van der Waals surface area (Å²) in [5, 5.41) is 3.11. The van der Waals surface area contributed by atoms with Crippen molar-refractivity contribution in [1.82, 2.24) is 0 Å². The molecular formula is C27H33ClMgOSi. The minimum atomic E-state index is -3.46. The number of rotatable bonds is 3. The molecule has 0 aromatic heterocycles. The van der Waals surface area contributed by atoms with Crippen molar-refractivity contribution in [2.24, 2.45) is 0 Å². The standard InChI is InChI=1S/C27H33OSi.ClH.Mg/c1-16-10-19(4)25(20(5)11-16)29(28,26-21(6)12-17(2)13-22(26)7)27-23(8)14-18(3)15-24(27)9;;/h10-15H,1-9H3;1H;/q-1;;+2/p-1. The van der Waals surface area contributed by atoms with Gasteiger partial charge in [-0.3, -0.25) is 0 Å². The van der Waals surface area contributed by atoms with Crippen LogP contribution in [0.25, 0.3) is 0 Å². The summed E-state index contributed by atoms with van der Waals surface area (Å²) in [5.74, 6) is 0. The number of hydrogen-bond acceptors (Lipinski definition) is 1. The fourth-order valence-electron chi connectivity index (χ4n) is 5.58. The largest absolute Gasteiger partial charge is 2.00 e. The van der Waals surface area contributed by atoms with Crippen LogP contribution in [0.2, 0.25) is 0 Å². The SMILES string of the molecule is Cc1cc(C)c([Si]([O-])(c2c(C)cc(C)cc2C)c2c(C)cc(C)cc2C)c(C)c1.[Cl-].[Mg+2]. The molecule has 0 radical (unpaired) electrons. The molecule has 0 aliphatic rings. The van der Waals surface area contributed by atoms with Gasteiger partial charge in [-0.1, -0.05) is 102 Å². The number of aryl methyl sites for hydroxylation is 9. The van der Waals surface area contributed by atoms with Crippen molar-refractivity contribution >= 4 is 46.9 Å². The molecule has 0 fully saturated rings. The van der Waals surface area contributed by atoms with Gasteiger partial charge in [0.15, 0.2) is 0 Å². The Labute approximate surface area is 212 Å². The minimum Gasteiger partial charge on any atom is -1.00 e. The fraction of sp³-hybridized carbons (Fsp3) is 0.333. The topological polar surface area (TPSA) is 23.1 Å². The van der Waals surface area contributed by atoms with E-state index in [1.54, 1.807) is 0 Å². The van der Waals surface area contributed by atoms with Crippen molar-refractivity contribution in [3.05, 3.63) is 86.5 Å². The number of benzene rings is 3. The first-order valence-corrected chi connectivity index (χ1v) is 12.3. The monoisotopic (exact) mass is 460 g/mol. The van der Waals surface area contributed by atoms with Crippen molar-refractivity contribution in [3.8, 4) is 0 Å². The molecule has 0 aliphatic heterocycles. The Bertz CT molecular complexity index is 912. The van der Waals surface area contributed by atoms with E-state index in [1.165, 1.54) is 16.7 Å². The van der Waals surface area contributed by atoms with Crippen molar-refractivity contribution in [2.75, 3.05) is 0 Å². The second-order valence-electron chi connectivity index (χ2n) is 9.00. The molecule has 3 rings (SSSR count). The maximum atomic E-state index is 15.5. The molecular weight excluding hydrogens is 428 g/mol. The van der Waals surface area contributed by atoms with Crippen molar-refractivity contribution in [2.45, 2.75) is 62.3 Å². The van der Waals surface area contributed by atoms with E-state index in [4.69, 9.17) is 0 Å². The summed E-state index contributed by atoms with van der Waals surface area (Å²) in [6.45, 7) is 19.0. The molecule has 0 unspecified atom stereocenters. The van der Waals surface area contributed by atoms with E-state index >= 15 is 4.80 Å². The van der Waals surface area contributed by atoms with Crippen molar-refractivity contribution in [3.63, 3.8) is 0 Å². The van der Waals surface area contributed by atoms with Crippen LogP contribution in [0.4, 0.5) is 0 Å². The van der Waals surface area contributed by atoms with Crippen molar-refractivity contribution in [1.29, 1.82) is 0 Å². The molecule has 0 atom stereocenters. The van der Waals surface area contributed by atoms with E-state index in [1.807, 2.05) is 0 Å². The summed E-state index contributed by atoms with van der Waals surface area (Å²) >= 11 is 0. The van der Waals surface area contributed by atoms with E-state index < -0.39 is 8.32 Å². The summed E-state index contributed by atoms with van der Waals surface area (Å²) in [6, 6.07) is 13.1. The summed E-state index contributed by atoms with van der Waals surface area (Å²) in [4.78, 5) is 15.5. The number of hydrogen-bond donors (Lipinski definition) is 0. The molecule has 3 aromatic rings. The van der Waals surface area contributed by atoms with Crippen LogP contribution in [0.5, 0.6) is 0 Å². The van der Waals surface area contributed by atoms with Gasteiger partial charge in [-0.05, 0) is 62.3 Å². The fourth-order valence-corrected chi connectivity index (χ4v) is 10.1. The smallest absolute Gasteiger partial charge is 1.00 e. The number of halogens is 1. The maximum absolute atomic E-state index is 15.5. The van der Waals surface area contributed by atoms with Crippen LogP contribution in [-0.4, -0.2) is 31.4 Å². The summed E-state index contributed by atoms with van der Waals surface area (Å²) in [5.41, 5.74) is 10.4. The summed E-state index contributed by atoms with van der Waals surface area (Å²) in [7, 11) is -3.46. The van der Waals surface area contributed by atoms with E-state index in [0.717, 1.165) is 48.9 Å². The van der Waals surface area contributed by atoms with Crippen LogP contribution < -0.4 is 32.8 Å². The van der Waals surface area contributed by atoms with Crippen LogP contribution >= 0.6 is 0 Å². The third-order valence-electron chi connectivity index (χ3n) is 6.09. The third kappa shape index (κ3) is 4.96. The van der Waals surface area contributed by atoms with Crippen LogP contribution in [0.15, 0.2) is 36.4 Å². The van der Waals surface area contributed by atoms with E-state index in [0.29, 0.717) is 0 Å². The molecule has 4 heteroatoms. The molecule has 0 saturated carbocycles. The molecule has 160 valence electrons. The zero-order valence-electron chi connectivity index (χ0n) is 20.5. The van der Waals surface area contributed by atoms with E-state index in [-0.39, 0.29) is 35.5 Å². The first-order valence-electron chi connectivity index (χ1n) is 10.4. The maximum Gasteiger partial charge on any atom is 2.00 e. The summed E-state index contributed by atoms with van der Waals surface area (Å²) in [6.07, 6.45) is 0. The van der Waals surface area contributed by atoms with Crippen LogP contribution in [-0.2, 0) is 0 Å². The van der Waals surface area contributed by atoms with Crippen LogP contribution in [0.1, 0.15) is 50.1 Å². The van der Waals surface area contributed by atoms with Crippen LogP contribution in [0, 0.1) is 62.3 Å². The van der Waals surface area contributed by atoms with Gasteiger partial charge in [0.2, 0.25) is 0 Å². The molecule has 0 spiro atoms. The zero-order valence-corrected chi connectivity index (χ0v) is 23.6. The van der Waals surface area contributed by atoms with Gasteiger partial charge in [0.05, 0.1) is 8.32 Å². The Morgan fingerprint density at radius 2 is 0.613 bits per heavy atom. The van der Waals surface area contributed by atoms with Gasteiger partial charge in [0.25, 0.3) is 0 Å². The molecule has 31 heavy (non-hydrogen) atoms. The molecule has 0 heterocycles. The van der Waals surface area contributed by atoms with Gasteiger partial charge in [-0.25, -0.2) is 0 Å². The van der Waals surface area contributed by atoms with Gasteiger partial charge < -0.3 is 17.2 Å². The van der Waals surface area contributed by atoms with Gasteiger partial charge in [0, 0.05) is 0 Å². The minimum absolute atomic E-state index is 0. The van der Waals surface area contributed by atoms with E-state index in [2.05, 4.69) is 98.7 Å². The predicted molar refractivity (Wildman–Crippen MR) is 132 cm³/mol. The van der Waals surface area contributed by atoms with Crippen molar-refractivity contribution < 1.29 is 17.2 Å². The Morgan fingerprint density at radius 3 is 0.774 bits per heavy atom. The quantitative estimate of drug-likeness (QED) is 0.410. The molecule has 0 aliphatic carbocycles. The molecule has 3 aromatic carbocycles. The molecule has 0 amide bonds. The van der Waals surface area contributed by atoms with Crippen LogP contribution in [0.3, 0.4) is 0 Å². The molecule has 0 saturated heterocycles. The van der Waals surface area contributed by atoms with Gasteiger partial charge >= 0.3 is 23.1 Å². The average Bonchev–Trinajstić information content (AvgIpc) is 2.51. The first-order chi connectivity index (χ1) is 13.5. The first kappa shape index (κ1) is 27.9. The Hall–Kier alpha value is -1.11. The Kier molecular flexibility index (Phi) is 9.21. The third-order valence-corrected chi connectivity index (χ3v) is 10.6. The zero-order chi connectivity index (χ0) is 21.7. The predicted octanol–water partition coefficient (Wildman–Crippen LogP) is 0.413. The van der Waals surface area contributed by atoms with Gasteiger partial charge in [-0.2, -0.15) is 0 Å². The van der Waals surface area contributed by atoms with Gasteiger partial charge in [-0.15, -0.1) is 0 Å². The Balaban J connectivity index is 0.00000240. The average molecular weight is 461 g/mol. The second-order valence-corrected chi connectivity index (χ2v) is 11.9.